The maximum atomic E-state index is 10.6. The second kappa shape index (κ2) is 4.42. The summed E-state index contributed by atoms with van der Waals surface area (Å²) in [5.74, 6) is 0. The SMILES string of the molecule is Cc1cnc(S(N)(=O)=O)s1.[KH]. The number of nitrogens with zero attached hydrogens (tertiary/aromatic N) is 1. The molecule has 4 nitrogen and oxygen atoms in total. The van der Waals surface area contributed by atoms with Crippen molar-refractivity contribution >= 4 is 72.7 Å². The molecular formula is C4H7KN2O2S2. The summed E-state index contributed by atoms with van der Waals surface area (Å²) in [4.78, 5) is 4.43. The number of aromatic nitrogens is 1. The quantitative estimate of drug-likeness (QED) is 0.643. The van der Waals surface area contributed by atoms with Crippen LogP contribution in [0.15, 0.2) is 10.5 Å². The van der Waals surface area contributed by atoms with Gasteiger partial charge in [-0.1, -0.05) is 0 Å². The van der Waals surface area contributed by atoms with Gasteiger partial charge in [0.1, 0.15) is 0 Å². The standard InChI is InChI=1S/C4H6N2O2S2.K.H/c1-3-2-6-4(9-3)10(5,7)8;;/h2H,1H3,(H2,5,7,8);;. The molecule has 0 unspecified atom stereocenters. The molecule has 0 saturated heterocycles. The summed E-state index contributed by atoms with van der Waals surface area (Å²) >= 11 is 1.07. The van der Waals surface area contributed by atoms with E-state index in [2.05, 4.69) is 4.98 Å². The molecule has 1 rings (SSSR count). The molecule has 58 valence electrons. The number of thiazole rings is 1. The zero-order chi connectivity index (χ0) is 7.78. The van der Waals surface area contributed by atoms with E-state index < -0.39 is 10.0 Å². The van der Waals surface area contributed by atoms with E-state index in [1.165, 1.54) is 6.20 Å². The Kier molecular flexibility index (Phi) is 4.90. The predicted octanol–water partition coefficient (Wildman–Crippen LogP) is -0.550. The molecule has 0 radical (unpaired) electrons. The Morgan fingerprint density at radius 1 is 1.64 bits per heavy atom. The van der Waals surface area contributed by atoms with Gasteiger partial charge in [0.2, 0.25) is 4.34 Å². The Hall–Kier alpha value is 1.18. The predicted molar refractivity (Wildman–Crippen MR) is 45.4 cm³/mol. The summed E-state index contributed by atoms with van der Waals surface area (Å²) in [5, 5.41) is 4.79. The van der Waals surface area contributed by atoms with Gasteiger partial charge < -0.3 is 0 Å². The van der Waals surface area contributed by atoms with Crippen molar-refractivity contribution in [1.82, 2.24) is 4.98 Å². The molecule has 0 aliphatic heterocycles. The first-order chi connectivity index (χ1) is 4.50. The molecular weight excluding hydrogens is 211 g/mol. The minimum atomic E-state index is -3.57. The van der Waals surface area contributed by atoms with Gasteiger partial charge in [-0.05, 0) is 6.92 Å². The van der Waals surface area contributed by atoms with Crippen LogP contribution in [0.2, 0.25) is 0 Å². The minimum absolute atomic E-state index is 0. The van der Waals surface area contributed by atoms with E-state index in [0.29, 0.717) is 0 Å². The second-order valence-corrected chi connectivity index (χ2v) is 4.75. The number of rotatable bonds is 1. The second-order valence-electron chi connectivity index (χ2n) is 1.78. The van der Waals surface area contributed by atoms with Crippen LogP contribution in [0.5, 0.6) is 0 Å². The van der Waals surface area contributed by atoms with E-state index in [1.54, 1.807) is 6.92 Å². The molecule has 0 fully saturated rings. The molecule has 1 aromatic rings. The van der Waals surface area contributed by atoms with Crippen molar-refractivity contribution < 1.29 is 8.42 Å². The summed E-state index contributed by atoms with van der Waals surface area (Å²) < 4.78 is 21.1. The van der Waals surface area contributed by atoms with E-state index in [0.717, 1.165) is 16.2 Å². The average Bonchev–Trinajstić information content (AvgIpc) is 2.11. The fourth-order valence-corrected chi connectivity index (χ4v) is 2.01. The number of aryl methyl sites for hydroxylation is 1. The molecule has 0 amide bonds. The Balaban J connectivity index is 0.000001000. The van der Waals surface area contributed by atoms with E-state index in [-0.39, 0.29) is 55.7 Å². The van der Waals surface area contributed by atoms with Gasteiger partial charge in [-0.3, -0.25) is 0 Å². The van der Waals surface area contributed by atoms with Crippen LogP contribution in [0.3, 0.4) is 0 Å². The Bertz CT molecular complexity index is 332. The zero-order valence-electron chi connectivity index (χ0n) is 5.23. The fraction of sp³-hybridized carbons (Fsp3) is 0.250. The van der Waals surface area contributed by atoms with E-state index in [4.69, 9.17) is 5.14 Å². The molecule has 1 aromatic heterocycles. The summed E-state index contributed by atoms with van der Waals surface area (Å²) in [7, 11) is -3.57. The van der Waals surface area contributed by atoms with Gasteiger partial charge >= 0.3 is 51.4 Å². The van der Waals surface area contributed by atoms with Gasteiger partial charge in [0.15, 0.2) is 0 Å². The monoisotopic (exact) mass is 218 g/mol. The maximum absolute atomic E-state index is 10.6. The van der Waals surface area contributed by atoms with Crippen molar-refractivity contribution in [1.29, 1.82) is 0 Å². The van der Waals surface area contributed by atoms with Crippen molar-refractivity contribution in [3.63, 3.8) is 0 Å². The third kappa shape index (κ3) is 3.60. The molecule has 0 bridgehead atoms. The topological polar surface area (TPSA) is 73.0 Å². The van der Waals surface area contributed by atoms with Gasteiger partial charge in [-0.25, -0.2) is 18.5 Å². The Morgan fingerprint density at radius 2 is 2.18 bits per heavy atom. The van der Waals surface area contributed by atoms with Gasteiger partial charge in [0, 0.05) is 11.1 Å². The van der Waals surface area contributed by atoms with Crippen LogP contribution >= 0.6 is 11.3 Å². The number of sulfonamides is 1. The Morgan fingerprint density at radius 3 is 2.36 bits per heavy atom. The van der Waals surface area contributed by atoms with Gasteiger partial charge in [-0.15, -0.1) is 11.3 Å². The van der Waals surface area contributed by atoms with Crippen LogP contribution in [-0.4, -0.2) is 64.8 Å². The molecule has 7 heteroatoms. The Labute approximate surface area is 112 Å². The molecule has 11 heavy (non-hydrogen) atoms. The molecule has 1 heterocycles. The zero-order valence-corrected chi connectivity index (χ0v) is 6.87. The van der Waals surface area contributed by atoms with Gasteiger partial charge in [-0.2, -0.15) is 0 Å². The molecule has 0 saturated carbocycles. The van der Waals surface area contributed by atoms with Gasteiger partial charge in [0.05, 0.1) is 0 Å². The van der Waals surface area contributed by atoms with E-state index >= 15 is 0 Å². The van der Waals surface area contributed by atoms with E-state index in [9.17, 15) is 8.42 Å². The van der Waals surface area contributed by atoms with E-state index in [1.807, 2.05) is 0 Å². The normalized spacial score (nSPS) is 10.7. The molecule has 0 aromatic carbocycles. The molecule has 0 aliphatic rings. The van der Waals surface area contributed by atoms with Crippen LogP contribution in [0, 0.1) is 6.92 Å². The third-order valence-electron chi connectivity index (χ3n) is 0.843. The number of hydrogen-bond acceptors (Lipinski definition) is 4. The first-order valence-corrected chi connectivity index (χ1v) is 4.81. The first kappa shape index (κ1) is 12.2. The van der Waals surface area contributed by atoms with Crippen LogP contribution < -0.4 is 5.14 Å². The van der Waals surface area contributed by atoms with Crippen molar-refractivity contribution in [3.05, 3.63) is 11.1 Å². The van der Waals surface area contributed by atoms with Gasteiger partial charge in [0.25, 0.3) is 10.0 Å². The van der Waals surface area contributed by atoms with Crippen molar-refractivity contribution in [3.8, 4) is 0 Å². The number of hydrogen-bond donors (Lipinski definition) is 1. The molecule has 0 atom stereocenters. The van der Waals surface area contributed by atoms with Crippen molar-refractivity contribution in [2.24, 2.45) is 5.14 Å². The molecule has 2 N–H and O–H groups in total. The van der Waals surface area contributed by atoms with Crippen LogP contribution in [0.1, 0.15) is 4.88 Å². The average molecular weight is 218 g/mol. The summed E-state index contributed by atoms with van der Waals surface area (Å²) in [5.41, 5.74) is 0. The summed E-state index contributed by atoms with van der Waals surface area (Å²) in [6.45, 7) is 1.77. The van der Waals surface area contributed by atoms with Crippen LogP contribution in [0.4, 0.5) is 0 Å². The number of nitrogens with two attached hydrogens (primary N) is 1. The summed E-state index contributed by atoms with van der Waals surface area (Å²) in [6, 6.07) is 0. The summed E-state index contributed by atoms with van der Waals surface area (Å²) in [6.07, 6.45) is 1.48. The van der Waals surface area contributed by atoms with Crippen LogP contribution in [-0.2, 0) is 10.0 Å². The van der Waals surface area contributed by atoms with Crippen LogP contribution in [0.25, 0.3) is 0 Å². The third-order valence-corrected chi connectivity index (χ3v) is 3.09. The molecule has 0 spiro atoms. The van der Waals surface area contributed by atoms with Crippen molar-refractivity contribution in [2.45, 2.75) is 11.3 Å². The first-order valence-electron chi connectivity index (χ1n) is 2.45. The number of primary sulfonamides is 1. The molecule has 0 aliphatic carbocycles. The van der Waals surface area contributed by atoms with Crippen molar-refractivity contribution in [2.75, 3.05) is 0 Å². The fourth-order valence-electron chi connectivity index (χ4n) is 0.466.